The third-order valence-corrected chi connectivity index (χ3v) is 8.07. The van der Waals surface area contributed by atoms with Crippen molar-refractivity contribution in [3.05, 3.63) is 0 Å². The first kappa shape index (κ1) is 14.1. The molecule has 0 unspecified atom stereocenters. The van der Waals surface area contributed by atoms with E-state index in [1.165, 1.54) is 64.2 Å². The molecular weight excluding hydrogens is 288 g/mol. The SMILES string of the molecule is S=C(NC[C@H]1C[C@H]2CC[C@H]1C2)NC12CC3CC(CC(C3)C1)C2. The van der Waals surface area contributed by atoms with Crippen LogP contribution in [0.15, 0.2) is 0 Å². The van der Waals surface area contributed by atoms with Crippen LogP contribution in [-0.2, 0) is 0 Å². The molecule has 0 radical (unpaired) electrons. The van der Waals surface area contributed by atoms with E-state index in [2.05, 4.69) is 10.6 Å². The second kappa shape index (κ2) is 5.09. The van der Waals surface area contributed by atoms with E-state index in [0.717, 1.165) is 47.2 Å². The summed E-state index contributed by atoms with van der Waals surface area (Å²) in [7, 11) is 0. The van der Waals surface area contributed by atoms with E-state index in [1.807, 2.05) is 0 Å². The summed E-state index contributed by atoms with van der Waals surface area (Å²) < 4.78 is 0. The Balaban J connectivity index is 1.17. The number of rotatable bonds is 3. The van der Waals surface area contributed by atoms with Gasteiger partial charge in [0.2, 0.25) is 0 Å². The van der Waals surface area contributed by atoms with E-state index in [1.54, 1.807) is 0 Å². The molecule has 0 aromatic carbocycles. The van der Waals surface area contributed by atoms with Gasteiger partial charge in [-0.3, -0.25) is 0 Å². The van der Waals surface area contributed by atoms with Gasteiger partial charge in [0.15, 0.2) is 5.11 Å². The molecule has 0 aromatic rings. The number of fused-ring (bicyclic) bond motifs is 2. The molecule has 3 atom stereocenters. The number of nitrogens with one attached hydrogen (secondary N) is 2. The summed E-state index contributed by atoms with van der Waals surface area (Å²) in [5.41, 5.74) is 0.369. The maximum absolute atomic E-state index is 5.69. The Morgan fingerprint density at radius 1 is 0.864 bits per heavy atom. The largest absolute Gasteiger partial charge is 0.362 e. The van der Waals surface area contributed by atoms with Gasteiger partial charge in [0, 0.05) is 12.1 Å². The standard InChI is InChI=1S/C19H30N2S/c22-18(20-11-17-7-12-1-2-16(17)6-12)21-19-8-13-3-14(9-19)5-15(4-13)10-19/h12-17H,1-11H2,(H2,20,21,22)/t12-,13?,14?,15?,16-,17+,19?/m0/s1. The van der Waals surface area contributed by atoms with Gasteiger partial charge >= 0.3 is 0 Å². The normalized spacial score (nSPS) is 51.3. The van der Waals surface area contributed by atoms with Crippen LogP contribution in [0.1, 0.15) is 64.2 Å². The van der Waals surface area contributed by atoms with Gasteiger partial charge in [0.25, 0.3) is 0 Å². The van der Waals surface area contributed by atoms with Crippen molar-refractivity contribution in [3.8, 4) is 0 Å². The molecule has 22 heavy (non-hydrogen) atoms. The zero-order valence-corrected chi connectivity index (χ0v) is 14.5. The lowest BCUT2D eigenvalue weighted by atomic mass is 9.53. The van der Waals surface area contributed by atoms with Gasteiger partial charge in [-0.2, -0.15) is 0 Å². The fourth-order valence-corrected chi connectivity index (χ4v) is 7.70. The lowest BCUT2D eigenvalue weighted by molar-refractivity contribution is -0.0102. The molecule has 6 saturated carbocycles. The second-order valence-electron chi connectivity index (χ2n) is 9.47. The van der Waals surface area contributed by atoms with Crippen molar-refractivity contribution in [2.75, 3.05) is 6.54 Å². The molecule has 0 amide bonds. The molecule has 0 heterocycles. The van der Waals surface area contributed by atoms with Crippen molar-refractivity contribution < 1.29 is 0 Å². The minimum Gasteiger partial charge on any atom is -0.362 e. The zero-order chi connectivity index (χ0) is 14.7. The summed E-state index contributed by atoms with van der Waals surface area (Å²) in [6, 6.07) is 0. The number of hydrogen-bond acceptors (Lipinski definition) is 1. The predicted molar refractivity (Wildman–Crippen MR) is 93.6 cm³/mol. The third-order valence-electron chi connectivity index (χ3n) is 7.83. The summed E-state index contributed by atoms with van der Waals surface area (Å²) in [6.45, 7) is 1.12. The van der Waals surface area contributed by atoms with Crippen molar-refractivity contribution in [1.29, 1.82) is 0 Å². The Labute approximate surface area is 140 Å². The Hall–Kier alpha value is -0.310. The highest BCUT2D eigenvalue weighted by Crippen LogP contribution is 2.55. The van der Waals surface area contributed by atoms with Gasteiger partial charge in [-0.1, -0.05) is 6.42 Å². The average Bonchev–Trinajstić information content (AvgIpc) is 3.05. The molecule has 0 aromatic heterocycles. The van der Waals surface area contributed by atoms with Crippen LogP contribution in [0.3, 0.4) is 0 Å². The average molecular weight is 319 g/mol. The molecule has 6 fully saturated rings. The number of thiocarbonyl (C=S) groups is 1. The Morgan fingerprint density at radius 2 is 1.55 bits per heavy atom. The first-order valence-electron chi connectivity index (χ1n) is 9.73. The van der Waals surface area contributed by atoms with E-state index >= 15 is 0 Å². The van der Waals surface area contributed by atoms with Crippen LogP contribution in [-0.4, -0.2) is 17.2 Å². The van der Waals surface area contributed by atoms with Crippen LogP contribution in [0.2, 0.25) is 0 Å². The summed E-state index contributed by atoms with van der Waals surface area (Å²) >= 11 is 5.69. The molecule has 2 nitrogen and oxygen atoms in total. The predicted octanol–water partition coefficient (Wildman–Crippen LogP) is 3.86. The summed E-state index contributed by atoms with van der Waals surface area (Å²) in [5, 5.41) is 8.38. The summed E-state index contributed by atoms with van der Waals surface area (Å²) in [5.74, 6) is 5.92. The smallest absolute Gasteiger partial charge is 0.166 e. The molecule has 122 valence electrons. The van der Waals surface area contributed by atoms with Crippen molar-refractivity contribution in [3.63, 3.8) is 0 Å². The van der Waals surface area contributed by atoms with Crippen LogP contribution in [0, 0.1) is 35.5 Å². The first-order valence-corrected chi connectivity index (χ1v) is 10.1. The summed E-state index contributed by atoms with van der Waals surface area (Å²) in [4.78, 5) is 0. The van der Waals surface area contributed by atoms with Crippen LogP contribution in [0.5, 0.6) is 0 Å². The van der Waals surface area contributed by atoms with Gasteiger partial charge < -0.3 is 10.6 Å². The first-order chi connectivity index (χ1) is 10.7. The topological polar surface area (TPSA) is 24.1 Å². The molecular formula is C19H30N2S. The monoisotopic (exact) mass is 318 g/mol. The van der Waals surface area contributed by atoms with Crippen molar-refractivity contribution in [2.45, 2.75) is 69.7 Å². The highest BCUT2D eigenvalue weighted by atomic mass is 32.1. The highest BCUT2D eigenvalue weighted by Gasteiger charge is 2.51. The molecule has 6 aliphatic carbocycles. The fourth-order valence-electron chi connectivity index (χ4n) is 7.40. The Bertz CT molecular complexity index is 439. The van der Waals surface area contributed by atoms with Gasteiger partial charge in [0.05, 0.1) is 0 Å². The molecule has 6 aliphatic rings. The highest BCUT2D eigenvalue weighted by molar-refractivity contribution is 7.80. The summed E-state index contributed by atoms with van der Waals surface area (Å²) in [6.07, 6.45) is 14.6. The van der Waals surface area contributed by atoms with E-state index in [4.69, 9.17) is 12.2 Å². The second-order valence-corrected chi connectivity index (χ2v) is 9.88. The molecule has 0 spiro atoms. The van der Waals surface area contributed by atoms with E-state index < -0.39 is 0 Å². The molecule has 0 aliphatic heterocycles. The Morgan fingerprint density at radius 3 is 2.09 bits per heavy atom. The maximum atomic E-state index is 5.69. The molecule has 3 heteroatoms. The van der Waals surface area contributed by atoms with Crippen molar-refractivity contribution in [2.24, 2.45) is 35.5 Å². The van der Waals surface area contributed by atoms with Crippen LogP contribution >= 0.6 is 12.2 Å². The number of hydrogen-bond donors (Lipinski definition) is 2. The van der Waals surface area contributed by atoms with E-state index in [0.29, 0.717) is 5.54 Å². The minimum absolute atomic E-state index is 0.369. The Kier molecular flexibility index (Phi) is 3.26. The van der Waals surface area contributed by atoms with E-state index in [-0.39, 0.29) is 0 Å². The molecule has 6 bridgehead atoms. The van der Waals surface area contributed by atoms with Gasteiger partial charge in [0.1, 0.15) is 0 Å². The van der Waals surface area contributed by atoms with Gasteiger partial charge in [-0.25, -0.2) is 0 Å². The van der Waals surface area contributed by atoms with Gasteiger partial charge in [-0.05, 0) is 106 Å². The van der Waals surface area contributed by atoms with Crippen molar-refractivity contribution >= 4 is 17.3 Å². The van der Waals surface area contributed by atoms with Crippen LogP contribution in [0.25, 0.3) is 0 Å². The maximum Gasteiger partial charge on any atom is 0.166 e. The molecule has 2 N–H and O–H groups in total. The fraction of sp³-hybridized carbons (Fsp3) is 0.947. The lowest BCUT2D eigenvalue weighted by Crippen LogP contribution is -2.61. The van der Waals surface area contributed by atoms with E-state index in [9.17, 15) is 0 Å². The van der Waals surface area contributed by atoms with Crippen LogP contribution in [0.4, 0.5) is 0 Å². The minimum atomic E-state index is 0.369. The third kappa shape index (κ3) is 2.39. The zero-order valence-electron chi connectivity index (χ0n) is 13.7. The molecule has 6 rings (SSSR count). The van der Waals surface area contributed by atoms with Crippen LogP contribution < -0.4 is 10.6 Å². The quantitative estimate of drug-likeness (QED) is 0.773. The van der Waals surface area contributed by atoms with Crippen molar-refractivity contribution in [1.82, 2.24) is 10.6 Å². The molecule has 0 saturated heterocycles. The van der Waals surface area contributed by atoms with Gasteiger partial charge in [-0.15, -0.1) is 0 Å². The lowest BCUT2D eigenvalue weighted by Gasteiger charge is -2.57.